The number of pyridine rings is 1. The number of rotatable bonds is 5. The van der Waals surface area contributed by atoms with E-state index in [0.29, 0.717) is 32.5 Å². The molecule has 1 aromatic heterocycles. The van der Waals surface area contributed by atoms with E-state index < -0.39 is 10.9 Å². The maximum absolute atomic E-state index is 13.3. The Morgan fingerprint density at radius 1 is 1.57 bits per heavy atom. The van der Waals surface area contributed by atoms with E-state index >= 15 is 0 Å². The van der Waals surface area contributed by atoms with Crippen molar-refractivity contribution in [3.05, 3.63) is 40.8 Å². The van der Waals surface area contributed by atoms with E-state index in [1.54, 1.807) is 11.0 Å². The summed E-state index contributed by atoms with van der Waals surface area (Å²) in [6.45, 7) is 7.15. The zero-order valence-corrected chi connectivity index (χ0v) is 11.9. The predicted molar refractivity (Wildman–Crippen MR) is 76.9 cm³/mol. The minimum atomic E-state index is -0.716. The number of nitro groups is 1. The molecule has 0 N–H and O–H groups in total. The van der Waals surface area contributed by atoms with Crippen LogP contribution in [0, 0.1) is 16.1 Å². The number of ether oxygens (including phenoxy) is 1. The third-order valence-corrected chi connectivity index (χ3v) is 3.69. The molecule has 2 rings (SSSR count). The first-order chi connectivity index (χ1) is 9.95. The lowest BCUT2D eigenvalue weighted by atomic mass is 9.93. The SMILES string of the molecule is C=CCOC1(C)CCN(c2nc(F)ccc2[N+](=O)[O-])CC1. The zero-order chi connectivity index (χ0) is 15.5. The minimum absolute atomic E-state index is 0.0887. The van der Waals surface area contributed by atoms with Crippen LogP contribution in [0.1, 0.15) is 19.8 Å². The number of hydrogen-bond donors (Lipinski definition) is 0. The lowest BCUT2D eigenvalue weighted by molar-refractivity contribution is -0.384. The fourth-order valence-corrected chi connectivity index (χ4v) is 2.39. The maximum atomic E-state index is 13.3. The number of nitrogens with zero attached hydrogens (tertiary/aromatic N) is 3. The Morgan fingerprint density at radius 3 is 2.81 bits per heavy atom. The summed E-state index contributed by atoms with van der Waals surface area (Å²) in [7, 11) is 0. The minimum Gasteiger partial charge on any atom is -0.371 e. The summed E-state index contributed by atoms with van der Waals surface area (Å²) in [6, 6.07) is 2.16. The molecule has 0 radical (unpaired) electrons. The molecule has 0 aromatic carbocycles. The Bertz CT molecular complexity index is 542. The Kier molecular flexibility index (Phi) is 4.52. The third kappa shape index (κ3) is 3.55. The van der Waals surface area contributed by atoms with Crippen molar-refractivity contribution < 1.29 is 14.1 Å². The molecule has 1 aromatic rings. The van der Waals surface area contributed by atoms with E-state index in [1.165, 1.54) is 0 Å². The van der Waals surface area contributed by atoms with Gasteiger partial charge < -0.3 is 9.64 Å². The molecule has 0 unspecified atom stereocenters. The molecule has 7 heteroatoms. The fourth-order valence-electron chi connectivity index (χ4n) is 2.39. The topological polar surface area (TPSA) is 68.5 Å². The number of hydrogen-bond acceptors (Lipinski definition) is 5. The van der Waals surface area contributed by atoms with Crippen molar-refractivity contribution in [2.24, 2.45) is 0 Å². The summed E-state index contributed by atoms with van der Waals surface area (Å²) in [6.07, 6.45) is 3.07. The van der Waals surface area contributed by atoms with Gasteiger partial charge in [0.1, 0.15) is 0 Å². The average Bonchev–Trinajstić information content (AvgIpc) is 2.45. The highest BCUT2D eigenvalue weighted by atomic mass is 19.1. The molecule has 1 aliphatic rings. The fraction of sp³-hybridized carbons (Fsp3) is 0.500. The summed E-state index contributed by atoms with van der Waals surface area (Å²) < 4.78 is 19.0. The van der Waals surface area contributed by atoms with Crippen molar-refractivity contribution in [1.82, 2.24) is 4.98 Å². The maximum Gasteiger partial charge on any atom is 0.311 e. The van der Waals surface area contributed by atoms with Crippen LogP contribution < -0.4 is 4.90 Å². The normalized spacial score (nSPS) is 17.5. The van der Waals surface area contributed by atoms with E-state index in [0.717, 1.165) is 12.1 Å². The van der Waals surface area contributed by atoms with Gasteiger partial charge in [0.2, 0.25) is 11.8 Å². The van der Waals surface area contributed by atoms with Crippen molar-refractivity contribution in [2.75, 3.05) is 24.6 Å². The molecule has 1 aliphatic heterocycles. The van der Waals surface area contributed by atoms with Crippen LogP contribution in [0.15, 0.2) is 24.8 Å². The van der Waals surface area contributed by atoms with Crippen molar-refractivity contribution in [2.45, 2.75) is 25.4 Å². The van der Waals surface area contributed by atoms with Gasteiger partial charge in [0.15, 0.2) is 0 Å². The van der Waals surface area contributed by atoms with Crippen LogP contribution in [-0.2, 0) is 4.74 Å². The standard InChI is InChI=1S/C14H18FN3O3/c1-3-10-21-14(2)6-8-17(9-7-14)13-11(18(19)20)4-5-12(15)16-13/h3-5H,1,6-10H2,2H3. The second kappa shape index (κ2) is 6.17. The van der Waals surface area contributed by atoms with Crippen LogP contribution in [0.2, 0.25) is 0 Å². The Hall–Kier alpha value is -2.02. The van der Waals surface area contributed by atoms with Gasteiger partial charge in [0.25, 0.3) is 0 Å². The average molecular weight is 295 g/mol. The van der Waals surface area contributed by atoms with Crippen molar-refractivity contribution >= 4 is 11.5 Å². The molecule has 0 aliphatic carbocycles. The van der Waals surface area contributed by atoms with Crippen molar-refractivity contribution in [1.29, 1.82) is 0 Å². The molecular weight excluding hydrogens is 277 g/mol. The van der Waals surface area contributed by atoms with E-state index in [2.05, 4.69) is 11.6 Å². The molecule has 0 spiro atoms. The quantitative estimate of drug-likeness (QED) is 0.361. The molecular formula is C14H18FN3O3. The number of piperidine rings is 1. The third-order valence-electron chi connectivity index (χ3n) is 3.69. The molecule has 1 saturated heterocycles. The Balaban J connectivity index is 2.13. The Morgan fingerprint density at radius 2 is 2.24 bits per heavy atom. The summed E-state index contributed by atoms with van der Waals surface area (Å²) in [4.78, 5) is 15.9. The molecule has 21 heavy (non-hydrogen) atoms. The highest BCUT2D eigenvalue weighted by molar-refractivity contribution is 5.57. The first-order valence-corrected chi connectivity index (χ1v) is 6.76. The van der Waals surface area contributed by atoms with Gasteiger partial charge in [-0.05, 0) is 19.8 Å². The van der Waals surface area contributed by atoms with Crippen LogP contribution >= 0.6 is 0 Å². The van der Waals surface area contributed by atoms with Gasteiger partial charge in [-0.15, -0.1) is 6.58 Å². The second-order valence-electron chi connectivity index (χ2n) is 5.27. The number of aromatic nitrogens is 1. The summed E-state index contributed by atoms with van der Waals surface area (Å²) in [5.41, 5.74) is -0.459. The summed E-state index contributed by atoms with van der Waals surface area (Å²) >= 11 is 0. The van der Waals surface area contributed by atoms with Crippen LogP contribution in [0.5, 0.6) is 0 Å². The molecule has 6 nitrogen and oxygen atoms in total. The predicted octanol–water partition coefficient (Wildman–Crippen LogP) is 2.69. The van der Waals surface area contributed by atoms with Crippen LogP contribution in [0.3, 0.4) is 0 Å². The molecule has 0 saturated carbocycles. The highest BCUT2D eigenvalue weighted by Gasteiger charge is 2.33. The molecule has 114 valence electrons. The van der Waals surface area contributed by atoms with Gasteiger partial charge in [0.05, 0.1) is 17.1 Å². The van der Waals surface area contributed by atoms with E-state index in [4.69, 9.17) is 4.74 Å². The number of halogens is 1. The zero-order valence-electron chi connectivity index (χ0n) is 11.9. The van der Waals surface area contributed by atoms with Gasteiger partial charge in [-0.2, -0.15) is 9.37 Å². The van der Waals surface area contributed by atoms with Crippen LogP contribution in [-0.4, -0.2) is 35.2 Å². The second-order valence-corrected chi connectivity index (χ2v) is 5.27. The molecule has 0 bridgehead atoms. The monoisotopic (exact) mass is 295 g/mol. The molecule has 0 atom stereocenters. The molecule has 1 fully saturated rings. The Labute approximate surface area is 122 Å². The largest absolute Gasteiger partial charge is 0.371 e. The van der Waals surface area contributed by atoms with E-state index in [1.807, 2.05) is 6.92 Å². The first kappa shape index (κ1) is 15.4. The lowest BCUT2D eigenvalue weighted by Crippen LogP contribution is -2.44. The smallest absolute Gasteiger partial charge is 0.311 e. The van der Waals surface area contributed by atoms with E-state index in [9.17, 15) is 14.5 Å². The van der Waals surface area contributed by atoms with E-state index in [-0.39, 0.29) is 17.1 Å². The van der Waals surface area contributed by atoms with Gasteiger partial charge in [-0.3, -0.25) is 10.1 Å². The molecule has 0 amide bonds. The summed E-state index contributed by atoms with van der Waals surface area (Å²) in [5.74, 6) is -0.627. The molecule has 2 heterocycles. The number of anilines is 1. The van der Waals surface area contributed by atoms with Gasteiger partial charge in [-0.1, -0.05) is 6.08 Å². The highest BCUT2D eigenvalue weighted by Crippen LogP contribution is 2.32. The van der Waals surface area contributed by atoms with Crippen molar-refractivity contribution in [3.63, 3.8) is 0 Å². The van der Waals surface area contributed by atoms with Gasteiger partial charge >= 0.3 is 5.69 Å². The summed E-state index contributed by atoms with van der Waals surface area (Å²) in [5, 5.41) is 11.0. The van der Waals surface area contributed by atoms with Gasteiger partial charge in [0, 0.05) is 25.2 Å². The van der Waals surface area contributed by atoms with Crippen molar-refractivity contribution in [3.8, 4) is 0 Å². The first-order valence-electron chi connectivity index (χ1n) is 6.76. The van der Waals surface area contributed by atoms with Crippen LogP contribution in [0.4, 0.5) is 15.9 Å². The van der Waals surface area contributed by atoms with Crippen LogP contribution in [0.25, 0.3) is 0 Å². The lowest BCUT2D eigenvalue weighted by Gasteiger charge is -2.39. The van der Waals surface area contributed by atoms with Gasteiger partial charge in [-0.25, -0.2) is 0 Å².